The van der Waals surface area contributed by atoms with E-state index in [-0.39, 0.29) is 17.5 Å². The number of carboxylic acids is 1. The molecule has 120 valence electrons. The van der Waals surface area contributed by atoms with Gasteiger partial charge >= 0.3 is 12.0 Å². The Bertz CT molecular complexity index is 405. The second kappa shape index (κ2) is 6.22. The lowest BCUT2D eigenvalue weighted by Gasteiger charge is -2.38. The van der Waals surface area contributed by atoms with Crippen molar-refractivity contribution < 1.29 is 14.7 Å². The van der Waals surface area contributed by atoms with E-state index in [1.165, 1.54) is 0 Å². The van der Waals surface area contributed by atoms with Crippen molar-refractivity contribution >= 4 is 12.0 Å². The van der Waals surface area contributed by atoms with Crippen LogP contribution in [-0.2, 0) is 4.79 Å². The van der Waals surface area contributed by atoms with Crippen molar-refractivity contribution in [3.8, 4) is 0 Å². The van der Waals surface area contributed by atoms with Gasteiger partial charge in [-0.2, -0.15) is 0 Å². The van der Waals surface area contributed by atoms with Gasteiger partial charge in [0.15, 0.2) is 0 Å². The Balaban J connectivity index is 1.84. The highest BCUT2D eigenvalue weighted by atomic mass is 16.4. The number of hydrogen-bond acceptors (Lipinski definition) is 3. The summed E-state index contributed by atoms with van der Waals surface area (Å²) < 4.78 is 0. The van der Waals surface area contributed by atoms with Gasteiger partial charge in [-0.15, -0.1) is 0 Å². The van der Waals surface area contributed by atoms with Crippen molar-refractivity contribution in [2.45, 2.75) is 39.2 Å². The van der Waals surface area contributed by atoms with Crippen LogP contribution in [0.2, 0.25) is 0 Å². The monoisotopic (exact) mass is 297 g/mol. The van der Waals surface area contributed by atoms with E-state index < -0.39 is 11.9 Å². The standard InChI is InChI=1S/C15H27N3O3/c1-11-12(13(19)20)4-7-18(11)14(21)16-10-15(2)5-8-17(3)9-6-15/h11-12H,4-10H2,1-3H3,(H,16,21)(H,19,20). The summed E-state index contributed by atoms with van der Waals surface area (Å²) in [5, 5.41) is 12.1. The zero-order valence-corrected chi connectivity index (χ0v) is 13.3. The molecule has 2 rings (SSSR count). The number of rotatable bonds is 3. The molecule has 2 heterocycles. The summed E-state index contributed by atoms with van der Waals surface area (Å²) in [4.78, 5) is 27.4. The van der Waals surface area contributed by atoms with Crippen LogP contribution in [0.15, 0.2) is 0 Å². The van der Waals surface area contributed by atoms with Crippen LogP contribution in [0, 0.1) is 11.3 Å². The molecule has 0 radical (unpaired) electrons. The fraction of sp³-hybridized carbons (Fsp3) is 0.867. The maximum absolute atomic E-state index is 12.3. The molecule has 0 aliphatic carbocycles. The van der Waals surface area contributed by atoms with Gasteiger partial charge in [0, 0.05) is 19.1 Å². The number of nitrogens with zero attached hydrogens (tertiary/aromatic N) is 2. The Labute approximate surface area is 126 Å². The Morgan fingerprint density at radius 1 is 1.29 bits per heavy atom. The van der Waals surface area contributed by atoms with Gasteiger partial charge < -0.3 is 20.2 Å². The second-order valence-electron chi connectivity index (χ2n) is 6.94. The first-order valence-electron chi connectivity index (χ1n) is 7.78. The number of hydrogen-bond donors (Lipinski definition) is 2. The fourth-order valence-electron chi connectivity index (χ4n) is 3.28. The normalized spacial score (nSPS) is 29.4. The second-order valence-corrected chi connectivity index (χ2v) is 6.94. The number of carbonyl (C=O) groups is 2. The summed E-state index contributed by atoms with van der Waals surface area (Å²) in [7, 11) is 2.12. The molecule has 2 aliphatic rings. The molecule has 6 nitrogen and oxygen atoms in total. The highest BCUT2D eigenvalue weighted by Gasteiger charge is 2.38. The van der Waals surface area contributed by atoms with Crippen LogP contribution >= 0.6 is 0 Å². The van der Waals surface area contributed by atoms with Gasteiger partial charge in [-0.3, -0.25) is 4.79 Å². The van der Waals surface area contributed by atoms with Crippen molar-refractivity contribution in [2.24, 2.45) is 11.3 Å². The van der Waals surface area contributed by atoms with Crippen LogP contribution in [0.5, 0.6) is 0 Å². The Kier molecular flexibility index (Phi) is 4.76. The first-order valence-corrected chi connectivity index (χ1v) is 7.78. The maximum atomic E-state index is 12.3. The lowest BCUT2D eigenvalue weighted by molar-refractivity contribution is -0.142. The molecule has 0 aromatic carbocycles. The summed E-state index contributed by atoms with van der Waals surface area (Å²) in [6.07, 6.45) is 2.71. The number of likely N-dealkylation sites (tertiary alicyclic amines) is 2. The Hall–Kier alpha value is -1.30. The molecule has 2 saturated heterocycles. The summed E-state index contributed by atoms with van der Waals surface area (Å²) in [5.41, 5.74) is 0.150. The van der Waals surface area contributed by atoms with Crippen molar-refractivity contribution in [1.82, 2.24) is 15.1 Å². The number of aliphatic carboxylic acids is 1. The van der Waals surface area contributed by atoms with E-state index in [0.29, 0.717) is 19.5 Å². The van der Waals surface area contributed by atoms with E-state index in [1.54, 1.807) is 4.90 Å². The minimum Gasteiger partial charge on any atom is -0.481 e. The molecule has 0 saturated carbocycles. The number of carboxylic acid groups (broad SMARTS) is 1. The van der Waals surface area contributed by atoms with Crippen molar-refractivity contribution in [3.05, 3.63) is 0 Å². The third-order valence-electron chi connectivity index (χ3n) is 5.19. The first-order chi connectivity index (χ1) is 9.82. The van der Waals surface area contributed by atoms with Crippen molar-refractivity contribution in [1.29, 1.82) is 0 Å². The zero-order valence-electron chi connectivity index (χ0n) is 13.3. The summed E-state index contributed by atoms with van der Waals surface area (Å²) >= 11 is 0. The largest absolute Gasteiger partial charge is 0.481 e. The van der Waals surface area contributed by atoms with Crippen LogP contribution in [0.1, 0.15) is 33.1 Å². The molecule has 2 fully saturated rings. The SMILES string of the molecule is CC1C(C(=O)O)CCN1C(=O)NCC1(C)CCN(C)CC1. The van der Waals surface area contributed by atoms with Crippen LogP contribution < -0.4 is 5.32 Å². The molecule has 6 heteroatoms. The van der Waals surface area contributed by atoms with Crippen molar-refractivity contribution in [3.63, 3.8) is 0 Å². The number of piperidine rings is 1. The van der Waals surface area contributed by atoms with Gasteiger partial charge in [0.05, 0.1) is 5.92 Å². The van der Waals surface area contributed by atoms with Gasteiger partial charge in [-0.1, -0.05) is 6.92 Å². The lowest BCUT2D eigenvalue weighted by atomic mass is 9.80. The number of urea groups is 1. The molecule has 0 bridgehead atoms. The summed E-state index contributed by atoms with van der Waals surface area (Å²) in [6.45, 7) is 7.36. The molecule has 0 spiro atoms. The topological polar surface area (TPSA) is 72.9 Å². The number of nitrogens with one attached hydrogen (secondary N) is 1. The van der Waals surface area contributed by atoms with Crippen LogP contribution in [0.25, 0.3) is 0 Å². The summed E-state index contributed by atoms with van der Waals surface area (Å²) in [5.74, 6) is -1.24. The predicted octanol–water partition coefficient (Wildman–Crippen LogP) is 1.22. The Morgan fingerprint density at radius 2 is 1.90 bits per heavy atom. The molecule has 2 unspecified atom stereocenters. The highest BCUT2D eigenvalue weighted by Crippen LogP contribution is 2.30. The zero-order chi connectivity index (χ0) is 15.6. The first kappa shape index (κ1) is 16.1. The molecular weight excluding hydrogens is 270 g/mol. The molecule has 2 atom stereocenters. The molecule has 0 aromatic heterocycles. The molecule has 2 amide bonds. The average molecular weight is 297 g/mol. The van der Waals surface area contributed by atoms with E-state index >= 15 is 0 Å². The smallest absolute Gasteiger partial charge is 0.317 e. The van der Waals surface area contributed by atoms with Gasteiger partial charge in [0.2, 0.25) is 0 Å². The minimum absolute atomic E-state index is 0.119. The third-order valence-corrected chi connectivity index (χ3v) is 5.19. The average Bonchev–Trinajstić information content (AvgIpc) is 2.82. The lowest BCUT2D eigenvalue weighted by Crippen LogP contribution is -2.49. The van der Waals surface area contributed by atoms with Crippen LogP contribution in [0.4, 0.5) is 4.79 Å². The Morgan fingerprint density at radius 3 is 2.43 bits per heavy atom. The van der Waals surface area contributed by atoms with E-state index in [4.69, 9.17) is 5.11 Å². The van der Waals surface area contributed by atoms with Gasteiger partial charge in [0.25, 0.3) is 0 Å². The third kappa shape index (κ3) is 3.67. The predicted molar refractivity (Wildman–Crippen MR) is 80.1 cm³/mol. The van der Waals surface area contributed by atoms with E-state index in [2.05, 4.69) is 24.2 Å². The van der Waals surface area contributed by atoms with E-state index in [1.807, 2.05) is 6.92 Å². The maximum Gasteiger partial charge on any atom is 0.317 e. The molecule has 2 N–H and O–H groups in total. The van der Waals surface area contributed by atoms with Crippen LogP contribution in [-0.4, -0.2) is 66.2 Å². The number of carbonyl (C=O) groups excluding carboxylic acids is 1. The van der Waals surface area contributed by atoms with Crippen LogP contribution in [0.3, 0.4) is 0 Å². The van der Waals surface area contributed by atoms with Gasteiger partial charge in [-0.05, 0) is 51.7 Å². The quantitative estimate of drug-likeness (QED) is 0.821. The van der Waals surface area contributed by atoms with E-state index in [0.717, 1.165) is 25.9 Å². The van der Waals surface area contributed by atoms with Gasteiger partial charge in [0.1, 0.15) is 0 Å². The summed E-state index contributed by atoms with van der Waals surface area (Å²) in [6, 6.07) is -0.348. The number of amides is 2. The molecular formula is C15H27N3O3. The molecule has 0 aromatic rings. The van der Waals surface area contributed by atoms with Gasteiger partial charge in [-0.25, -0.2) is 4.79 Å². The highest BCUT2D eigenvalue weighted by molar-refractivity contribution is 5.78. The van der Waals surface area contributed by atoms with Crippen molar-refractivity contribution in [2.75, 3.05) is 33.2 Å². The van der Waals surface area contributed by atoms with E-state index in [9.17, 15) is 9.59 Å². The molecule has 2 aliphatic heterocycles. The fourth-order valence-corrected chi connectivity index (χ4v) is 3.28. The minimum atomic E-state index is -0.805. The molecule has 21 heavy (non-hydrogen) atoms.